The molecular weight excluding hydrogens is 158 g/mol. The lowest BCUT2D eigenvalue weighted by atomic mass is 9.85. The average Bonchev–Trinajstić information content (AvgIpc) is 2.48. The van der Waals surface area contributed by atoms with E-state index in [2.05, 4.69) is 46.8 Å². The minimum Gasteiger partial charge on any atom is -0.193 e. The number of nitrogens with zero attached hydrogens (tertiary/aromatic N) is 1. The van der Waals surface area contributed by atoms with Gasteiger partial charge in [-0.25, -0.2) is 0 Å². The number of hydrogen-bond donors (Lipinski definition) is 0. The molecule has 0 N–H and O–H groups in total. The predicted octanol–water partition coefficient (Wildman–Crippen LogP) is 3.38. The highest BCUT2D eigenvalue weighted by atomic mass is 14.6. The van der Waals surface area contributed by atoms with Crippen LogP contribution in [0.25, 0.3) is 0 Å². The van der Waals surface area contributed by atoms with Crippen LogP contribution in [0.5, 0.6) is 0 Å². The van der Waals surface area contributed by atoms with Crippen LogP contribution in [0.1, 0.15) is 34.6 Å². The summed E-state index contributed by atoms with van der Waals surface area (Å²) in [6, 6.07) is 2.07. The Bertz CT molecular complexity index is 260. The summed E-state index contributed by atoms with van der Waals surface area (Å²) < 4.78 is 0. The first-order valence-electron chi connectivity index (χ1n) is 4.88. The molecular formula is C12H19N. The van der Waals surface area contributed by atoms with Crippen molar-refractivity contribution in [1.82, 2.24) is 0 Å². The monoisotopic (exact) mass is 177 g/mol. The van der Waals surface area contributed by atoms with Crippen LogP contribution in [0, 0.1) is 34.0 Å². The lowest BCUT2D eigenvalue weighted by Gasteiger charge is -2.19. The smallest absolute Gasteiger partial charge is 0.0908 e. The molecule has 0 aromatic heterocycles. The number of rotatable bonds is 1. The third kappa shape index (κ3) is 1.77. The number of nitriles is 1. The van der Waals surface area contributed by atoms with Gasteiger partial charge in [-0.15, -0.1) is 0 Å². The Morgan fingerprint density at radius 1 is 1.31 bits per heavy atom. The number of hydrogen-bond acceptors (Lipinski definition) is 1. The molecule has 72 valence electrons. The van der Waals surface area contributed by atoms with Gasteiger partial charge in [0.25, 0.3) is 0 Å². The van der Waals surface area contributed by atoms with Gasteiger partial charge in [0.05, 0.1) is 6.07 Å². The van der Waals surface area contributed by atoms with Crippen LogP contribution in [0.15, 0.2) is 12.2 Å². The van der Waals surface area contributed by atoms with Crippen molar-refractivity contribution in [2.24, 2.45) is 22.7 Å². The van der Waals surface area contributed by atoms with Crippen LogP contribution in [0.4, 0.5) is 0 Å². The van der Waals surface area contributed by atoms with Gasteiger partial charge in [0, 0.05) is 6.08 Å². The molecule has 0 radical (unpaired) electrons. The fraction of sp³-hybridized carbons (Fsp3) is 0.750. The van der Waals surface area contributed by atoms with Gasteiger partial charge in [0.2, 0.25) is 0 Å². The maximum Gasteiger partial charge on any atom is 0.0908 e. The molecule has 1 saturated carbocycles. The molecule has 1 aliphatic rings. The van der Waals surface area contributed by atoms with E-state index in [4.69, 9.17) is 5.26 Å². The van der Waals surface area contributed by atoms with Crippen LogP contribution in [-0.2, 0) is 0 Å². The van der Waals surface area contributed by atoms with Gasteiger partial charge in [0.15, 0.2) is 0 Å². The van der Waals surface area contributed by atoms with Crippen LogP contribution in [0.3, 0.4) is 0 Å². The molecule has 1 nitrogen and oxygen atoms in total. The fourth-order valence-corrected chi connectivity index (χ4v) is 2.84. The summed E-state index contributed by atoms with van der Waals surface area (Å²) in [5, 5.41) is 8.47. The summed E-state index contributed by atoms with van der Waals surface area (Å²) >= 11 is 0. The van der Waals surface area contributed by atoms with E-state index in [1.807, 2.05) is 0 Å². The molecule has 0 heterocycles. The standard InChI is InChI=1S/C12H19N/c1-11(2,3)10-9(7-6-8-13)12(10,4)5/h6-7,9-10H,1-5H3. The maximum absolute atomic E-state index is 8.47. The summed E-state index contributed by atoms with van der Waals surface area (Å²) in [6.07, 6.45) is 3.69. The minimum absolute atomic E-state index is 0.355. The zero-order chi connectivity index (χ0) is 10.3. The van der Waals surface area contributed by atoms with Crippen molar-refractivity contribution < 1.29 is 0 Å². The highest BCUT2D eigenvalue weighted by Gasteiger charge is 2.60. The molecule has 2 atom stereocenters. The summed E-state index contributed by atoms with van der Waals surface area (Å²) in [5.41, 5.74) is 0.736. The van der Waals surface area contributed by atoms with Gasteiger partial charge in [-0.05, 0) is 22.7 Å². The van der Waals surface area contributed by atoms with Crippen LogP contribution < -0.4 is 0 Å². The Morgan fingerprint density at radius 3 is 2.15 bits per heavy atom. The van der Waals surface area contributed by atoms with Gasteiger partial charge < -0.3 is 0 Å². The second kappa shape index (κ2) is 2.87. The highest BCUT2D eigenvalue weighted by molar-refractivity contribution is 5.20. The predicted molar refractivity (Wildman–Crippen MR) is 55.0 cm³/mol. The SMILES string of the molecule is CC(C)(C)C1C(C=CC#N)C1(C)C. The second-order valence-electron chi connectivity index (χ2n) is 5.68. The summed E-state index contributed by atoms with van der Waals surface area (Å²) in [7, 11) is 0. The Morgan fingerprint density at radius 2 is 1.85 bits per heavy atom. The second-order valence-corrected chi connectivity index (χ2v) is 5.68. The molecule has 1 aliphatic carbocycles. The fourth-order valence-electron chi connectivity index (χ4n) is 2.84. The number of allylic oxidation sites excluding steroid dienone is 2. The molecule has 2 unspecified atom stereocenters. The van der Waals surface area contributed by atoms with Crippen molar-refractivity contribution in [2.75, 3.05) is 0 Å². The quantitative estimate of drug-likeness (QED) is 0.563. The van der Waals surface area contributed by atoms with Crippen molar-refractivity contribution in [1.29, 1.82) is 5.26 Å². The molecule has 0 aromatic rings. The highest BCUT2D eigenvalue weighted by Crippen LogP contribution is 2.66. The van der Waals surface area contributed by atoms with Gasteiger partial charge in [-0.2, -0.15) is 5.26 Å². The van der Waals surface area contributed by atoms with Crippen LogP contribution >= 0.6 is 0 Å². The third-order valence-corrected chi connectivity index (χ3v) is 3.22. The van der Waals surface area contributed by atoms with Gasteiger partial charge in [-0.1, -0.05) is 40.7 Å². The molecule has 1 rings (SSSR count). The Balaban J connectivity index is 2.74. The Hall–Kier alpha value is -0.770. The third-order valence-electron chi connectivity index (χ3n) is 3.22. The Kier molecular flexibility index (Phi) is 2.28. The zero-order valence-corrected chi connectivity index (χ0v) is 9.26. The average molecular weight is 177 g/mol. The van der Waals surface area contributed by atoms with Crippen molar-refractivity contribution >= 4 is 0 Å². The van der Waals surface area contributed by atoms with Gasteiger partial charge in [0.1, 0.15) is 0 Å². The molecule has 0 aliphatic heterocycles. The van der Waals surface area contributed by atoms with E-state index >= 15 is 0 Å². The van der Waals surface area contributed by atoms with Crippen molar-refractivity contribution in [3.8, 4) is 6.07 Å². The van der Waals surface area contributed by atoms with Crippen LogP contribution in [0.2, 0.25) is 0 Å². The largest absolute Gasteiger partial charge is 0.193 e. The first-order chi connectivity index (χ1) is 5.81. The molecule has 1 heteroatoms. The first kappa shape index (κ1) is 10.3. The summed E-state index contributed by atoms with van der Waals surface area (Å²) in [4.78, 5) is 0. The summed E-state index contributed by atoms with van der Waals surface area (Å²) in [5.74, 6) is 1.30. The van der Waals surface area contributed by atoms with Crippen molar-refractivity contribution in [3.63, 3.8) is 0 Å². The van der Waals surface area contributed by atoms with E-state index < -0.39 is 0 Å². The molecule has 0 bridgehead atoms. The van der Waals surface area contributed by atoms with E-state index in [9.17, 15) is 0 Å². The molecule has 0 spiro atoms. The molecule has 13 heavy (non-hydrogen) atoms. The molecule has 0 amide bonds. The maximum atomic E-state index is 8.47. The summed E-state index contributed by atoms with van der Waals surface area (Å²) in [6.45, 7) is 11.4. The van der Waals surface area contributed by atoms with E-state index in [0.29, 0.717) is 22.7 Å². The zero-order valence-electron chi connectivity index (χ0n) is 9.26. The lowest BCUT2D eigenvalue weighted by molar-refractivity contribution is 0.298. The first-order valence-corrected chi connectivity index (χ1v) is 4.88. The van der Waals surface area contributed by atoms with E-state index in [-0.39, 0.29) is 0 Å². The van der Waals surface area contributed by atoms with Gasteiger partial charge >= 0.3 is 0 Å². The van der Waals surface area contributed by atoms with E-state index in [1.165, 1.54) is 0 Å². The normalized spacial score (nSPS) is 31.7. The lowest BCUT2D eigenvalue weighted by Crippen LogP contribution is -2.12. The van der Waals surface area contributed by atoms with Gasteiger partial charge in [-0.3, -0.25) is 0 Å². The molecule has 0 aromatic carbocycles. The van der Waals surface area contributed by atoms with Crippen LogP contribution in [-0.4, -0.2) is 0 Å². The minimum atomic E-state index is 0.355. The van der Waals surface area contributed by atoms with E-state index in [0.717, 1.165) is 0 Å². The molecule has 0 saturated heterocycles. The molecule has 1 fully saturated rings. The van der Waals surface area contributed by atoms with E-state index in [1.54, 1.807) is 6.08 Å². The van der Waals surface area contributed by atoms with Crippen molar-refractivity contribution in [2.45, 2.75) is 34.6 Å². The Labute approximate surface area is 81.5 Å². The van der Waals surface area contributed by atoms with Crippen molar-refractivity contribution in [3.05, 3.63) is 12.2 Å². The topological polar surface area (TPSA) is 23.8 Å².